The summed E-state index contributed by atoms with van der Waals surface area (Å²) in [5.74, 6) is 1.49. The molecule has 1 aliphatic rings. The molecule has 0 aliphatic carbocycles. The van der Waals surface area contributed by atoms with Crippen LogP contribution in [0, 0.1) is 0 Å². The zero-order valence-corrected chi connectivity index (χ0v) is 13.0. The first-order chi connectivity index (χ1) is 8.86. The molecule has 1 fully saturated rings. The highest BCUT2D eigenvalue weighted by Gasteiger charge is 2.51. The van der Waals surface area contributed by atoms with Crippen LogP contribution in [0.3, 0.4) is 0 Å². The van der Waals surface area contributed by atoms with E-state index in [0.29, 0.717) is 5.94 Å². The summed E-state index contributed by atoms with van der Waals surface area (Å²) in [5, 5.41) is 0. The minimum Gasteiger partial charge on any atom is -0.483 e. The van der Waals surface area contributed by atoms with Gasteiger partial charge in [0.05, 0.1) is 11.2 Å². The molecular formula is C14H21BO3S. The molecule has 1 heterocycles. The summed E-state index contributed by atoms with van der Waals surface area (Å²) in [4.78, 5) is 0. The molecule has 0 saturated carbocycles. The van der Waals surface area contributed by atoms with Crippen molar-refractivity contribution in [1.82, 2.24) is 0 Å². The fourth-order valence-corrected chi connectivity index (χ4v) is 2.11. The Morgan fingerprint density at radius 1 is 1.16 bits per heavy atom. The van der Waals surface area contributed by atoms with Crippen LogP contribution in [0.1, 0.15) is 27.7 Å². The second kappa shape index (κ2) is 5.39. The van der Waals surface area contributed by atoms with E-state index in [1.54, 1.807) is 11.8 Å². The summed E-state index contributed by atoms with van der Waals surface area (Å²) in [6.07, 6.45) is 2.01. The molecule has 19 heavy (non-hydrogen) atoms. The van der Waals surface area contributed by atoms with Crippen LogP contribution in [0.15, 0.2) is 24.3 Å². The van der Waals surface area contributed by atoms with Crippen molar-refractivity contribution in [2.45, 2.75) is 38.9 Å². The smallest absolute Gasteiger partial charge is 0.483 e. The van der Waals surface area contributed by atoms with Crippen molar-refractivity contribution in [2.75, 3.05) is 12.2 Å². The van der Waals surface area contributed by atoms with Crippen LogP contribution >= 0.6 is 11.8 Å². The lowest BCUT2D eigenvalue weighted by atomic mass is 9.79. The molecule has 0 aromatic heterocycles. The minimum atomic E-state index is -0.331. The van der Waals surface area contributed by atoms with Gasteiger partial charge in [-0.1, -0.05) is 12.1 Å². The SMILES string of the molecule is CSCOc1cccc(B2OC(C)(C)C(C)(C)O2)c1. The van der Waals surface area contributed by atoms with Gasteiger partial charge in [-0.3, -0.25) is 0 Å². The van der Waals surface area contributed by atoms with E-state index in [2.05, 4.69) is 27.7 Å². The van der Waals surface area contributed by atoms with E-state index >= 15 is 0 Å². The van der Waals surface area contributed by atoms with Crippen LogP contribution in [-0.2, 0) is 9.31 Å². The highest BCUT2D eigenvalue weighted by molar-refractivity contribution is 7.98. The highest BCUT2D eigenvalue weighted by atomic mass is 32.2. The first-order valence-corrected chi connectivity index (χ1v) is 7.82. The monoisotopic (exact) mass is 280 g/mol. The van der Waals surface area contributed by atoms with Crippen molar-refractivity contribution in [1.29, 1.82) is 0 Å². The van der Waals surface area contributed by atoms with Gasteiger partial charge < -0.3 is 14.0 Å². The molecule has 0 atom stereocenters. The molecule has 0 bridgehead atoms. The van der Waals surface area contributed by atoms with Crippen molar-refractivity contribution in [3.8, 4) is 5.75 Å². The normalized spacial score (nSPS) is 20.6. The minimum absolute atomic E-state index is 0.312. The van der Waals surface area contributed by atoms with Crippen LogP contribution in [0.4, 0.5) is 0 Å². The van der Waals surface area contributed by atoms with Gasteiger partial charge in [-0.05, 0) is 51.5 Å². The van der Waals surface area contributed by atoms with E-state index in [0.717, 1.165) is 11.2 Å². The number of benzene rings is 1. The Bertz CT molecular complexity index is 432. The topological polar surface area (TPSA) is 27.7 Å². The van der Waals surface area contributed by atoms with Crippen molar-refractivity contribution < 1.29 is 14.0 Å². The molecule has 0 spiro atoms. The van der Waals surface area contributed by atoms with Crippen LogP contribution in [0.5, 0.6) is 5.75 Å². The zero-order valence-electron chi connectivity index (χ0n) is 12.2. The zero-order chi connectivity index (χ0) is 14.1. The molecule has 1 saturated heterocycles. The van der Waals surface area contributed by atoms with E-state index in [-0.39, 0.29) is 18.3 Å². The predicted molar refractivity (Wildman–Crippen MR) is 81.2 cm³/mol. The largest absolute Gasteiger partial charge is 0.494 e. The number of rotatable bonds is 4. The van der Waals surface area contributed by atoms with Gasteiger partial charge in [-0.2, -0.15) is 0 Å². The molecule has 1 aromatic rings. The first kappa shape index (κ1) is 14.8. The van der Waals surface area contributed by atoms with Gasteiger partial charge in [-0.25, -0.2) is 0 Å². The lowest BCUT2D eigenvalue weighted by Gasteiger charge is -2.32. The third-order valence-electron chi connectivity index (χ3n) is 3.73. The number of thioether (sulfide) groups is 1. The van der Waals surface area contributed by atoms with Crippen molar-refractivity contribution in [3.05, 3.63) is 24.3 Å². The van der Waals surface area contributed by atoms with Gasteiger partial charge in [0, 0.05) is 0 Å². The van der Waals surface area contributed by atoms with Gasteiger partial charge in [0.25, 0.3) is 0 Å². The number of ether oxygens (including phenoxy) is 1. The maximum absolute atomic E-state index is 6.03. The predicted octanol–water partition coefficient (Wildman–Crippen LogP) is 2.69. The molecule has 5 heteroatoms. The third-order valence-corrected chi connectivity index (χ3v) is 4.08. The molecule has 2 rings (SSSR count). The third kappa shape index (κ3) is 3.10. The summed E-state index contributed by atoms with van der Waals surface area (Å²) in [6, 6.07) is 7.91. The molecule has 1 aromatic carbocycles. The number of hydrogen-bond donors (Lipinski definition) is 0. The Balaban J connectivity index is 2.15. The average Bonchev–Trinajstić information content (AvgIpc) is 2.56. The maximum Gasteiger partial charge on any atom is 0.494 e. The lowest BCUT2D eigenvalue weighted by Crippen LogP contribution is -2.41. The summed E-state index contributed by atoms with van der Waals surface area (Å²) in [7, 11) is -0.331. The first-order valence-electron chi connectivity index (χ1n) is 6.43. The number of hydrogen-bond acceptors (Lipinski definition) is 4. The van der Waals surface area contributed by atoms with Crippen molar-refractivity contribution in [2.24, 2.45) is 0 Å². The molecule has 1 aliphatic heterocycles. The Hall–Kier alpha value is -0.645. The van der Waals surface area contributed by atoms with Gasteiger partial charge >= 0.3 is 7.12 Å². The fraction of sp³-hybridized carbons (Fsp3) is 0.571. The van der Waals surface area contributed by atoms with E-state index in [1.165, 1.54) is 0 Å². The van der Waals surface area contributed by atoms with Crippen LogP contribution in [0.2, 0.25) is 0 Å². The quantitative estimate of drug-likeness (QED) is 0.626. The summed E-state index contributed by atoms with van der Waals surface area (Å²) in [5.41, 5.74) is 0.374. The second-order valence-electron chi connectivity index (χ2n) is 5.71. The van der Waals surface area contributed by atoms with Crippen LogP contribution in [0.25, 0.3) is 0 Å². The standard InChI is InChI=1S/C14H21BO3S/c1-13(2)14(3,4)18-15(17-13)11-7-6-8-12(9-11)16-10-19-5/h6-9H,10H2,1-5H3. The Morgan fingerprint density at radius 3 is 2.37 bits per heavy atom. The van der Waals surface area contributed by atoms with E-state index in [4.69, 9.17) is 14.0 Å². The molecule has 3 nitrogen and oxygen atoms in total. The average molecular weight is 280 g/mol. The second-order valence-corrected chi connectivity index (χ2v) is 6.52. The lowest BCUT2D eigenvalue weighted by molar-refractivity contribution is 0.00578. The Morgan fingerprint density at radius 2 is 1.79 bits per heavy atom. The molecule has 104 valence electrons. The fourth-order valence-electron chi connectivity index (χ4n) is 1.86. The van der Waals surface area contributed by atoms with Crippen molar-refractivity contribution in [3.63, 3.8) is 0 Å². The molecule has 0 N–H and O–H groups in total. The molecule has 0 radical (unpaired) electrons. The van der Waals surface area contributed by atoms with Crippen LogP contribution in [-0.4, -0.2) is 30.5 Å². The summed E-state index contributed by atoms with van der Waals surface area (Å²) < 4.78 is 17.7. The molecular weight excluding hydrogens is 259 g/mol. The van der Waals surface area contributed by atoms with E-state index < -0.39 is 0 Å². The van der Waals surface area contributed by atoms with E-state index in [1.807, 2.05) is 30.5 Å². The van der Waals surface area contributed by atoms with Crippen LogP contribution < -0.4 is 10.2 Å². The summed E-state index contributed by atoms with van der Waals surface area (Å²) in [6.45, 7) is 8.23. The Labute approximate surface area is 120 Å². The van der Waals surface area contributed by atoms with Crippen molar-refractivity contribution >= 4 is 24.3 Å². The molecule has 0 amide bonds. The van der Waals surface area contributed by atoms with Gasteiger partial charge in [0.15, 0.2) is 0 Å². The van der Waals surface area contributed by atoms with Gasteiger partial charge in [0.1, 0.15) is 11.7 Å². The van der Waals surface area contributed by atoms with Gasteiger partial charge in [-0.15, -0.1) is 11.8 Å². The summed E-state index contributed by atoms with van der Waals surface area (Å²) >= 11 is 1.65. The molecule has 0 unspecified atom stereocenters. The highest BCUT2D eigenvalue weighted by Crippen LogP contribution is 2.36. The van der Waals surface area contributed by atoms with Gasteiger partial charge in [0.2, 0.25) is 0 Å². The maximum atomic E-state index is 6.03. The Kier molecular flexibility index (Phi) is 4.18. The van der Waals surface area contributed by atoms with E-state index in [9.17, 15) is 0 Å².